The van der Waals surface area contributed by atoms with Crippen molar-refractivity contribution in [2.24, 2.45) is 0 Å². The molecular formula is C14H14BrN5. The van der Waals surface area contributed by atoms with Gasteiger partial charge in [-0.25, -0.2) is 9.97 Å². The van der Waals surface area contributed by atoms with Crippen molar-refractivity contribution < 1.29 is 0 Å². The number of hydrogen-bond donors (Lipinski definition) is 0. The molecule has 1 aromatic carbocycles. The van der Waals surface area contributed by atoms with Gasteiger partial charge in [-0.3, -0.25) is 4.90 Å². The Labute approximate surface area is 126 Å². The Morgan fingerprint density at radius 2 is 1.95 bits per heavy atom. The minimum atomic E-state index is 0.582. The summed E-state index contributed by atoms with van der Waals surface area (Å²) in [4.78, 5) is 11.7. The van der Waals surface area contributed by atoms with E-state index in [0.29, 0.717) is 5.82 Å². The van der Waals surface area contributed by atoms with Crippen molar-refractivity contribution in [3.8, 4) is 6.19 Å². The molecule has 0 atom stereocenters. The predicted molar refractivity (Wildman–Crippen MR) is 82.3 cm³/mol. The van der Waals surface area contributed by atoms with E-state index in [9.17, 15) is 0 Å². The average molecular weight is 332 g/mol. The van der Waals surface area contributed by atoms with E-state index in [1.165, 1.54) is 16.8 Å². The van der Waals surface area contributed by atoms with Gasteiger partial charge in [-0.1, -0.05) is 28.1 Å². The van der Waals surface area contributed by atoms with E-state index in [-0.39, 0.29) is 0 Å². The number of benzene rings is 1. The Balaban J connectivity index is 2.17. The smallest absolute Gasteiger partial charge is 0.185 e. The van der Waals surface area contributed by atoms with Crippen LogP contribution in [0.3, 0.4) is 0 Å². The molecule has 20 heavy (non-hydrogen) atoms. The van der Waals surface area contributed by atoms with Crippen LogP contribution >= 0.6 is 15.9 Å². The molecule has 2 aromatic rings. The van der Waals surface area contributed by atoms with E-state index < -0.39 is 0 Å². The predicted octanol–water partition coefficient (Wildman–Crippen LogP) is 2.79. The van der Waals surface area contributed by atoms with Gasteiger partial charge in [0.2, 0.25) is 0 Å². The van der Waals surface area contributed by atoms with E-state index in [2.05, 4.69) is 38.0 Å². The standard InChI is InChI=1S/C14H14BrN5/c1-19(8-11-4-3-5-12(15)6-11)13-7-14(18-10-17-13)20(2)9-16/h3-7,10H,8H2,1-2H3. The van der Waals surface area contributed by atoms with Gasteiger partial charge in [-0.2, -0.15) is 5.26 Å². The van der Waals surface area contributed by atoms with Crippen molar-refractivity contribution in [2.75, 3.05) is 23.9 Å². The zero-order valence-corrected chi connectivity index (χ0v) is 12.9. The summed E-state index contributed by atoms with van der Waals surface area (Å²) in [7, 11) is 3.62. The van der Waals surface area contributed by atoms with Crippen LogP contribution in [-0.4, -0.2) is 24.1 Å². The third-order valence-electron chi connectivity index (χ3n) is 2.83. The first kappa shape index (κ1) is 14.3. The summed E-state index contributed by atoms with van der Waals surface area (Å²) >= 11 is 3.46. The second kappa shape index (κ2) is 6.35. The maximum Gasteiger partial charge on any atom is 0.185 e. The summed E-state index contributed by atoms with van der Waals surface area (Å²) in [6, 6.07) is 9.92. The topological polar surface area (TPSA) is 56.1 Å². The number of hydrogen-bond acceptors (Lipinski definition) is 5. The summed E-state index contributed by atoms with van der Waals surface area (Å²) in [5.74, 6) is 1.36. The number of rotatable bonds is 4. The quantitative estimate of drug-likeness (QED) is 0.637. The number of aromatic nitrogens is 2. The molecule has 6 heteroatoms. The summed E-state index contributed by atoms with van der Waals surface area (Å²) in [6.07, 6.45) is 3.49. The van der Waals surface area contributed by atoms with Crippen LogP contribution in [0.5, 0.6) is 0 Å². The molecule has 0 aliphatic carbocycles. The molecule has 0 amide bonds. The molecule has 0 aliphatic rings. The highest BCUT2D eigenvalue weighted by Gasteiger charge is 2.08. The van der Waals surface area contributed by atoms with Crippen LogP contribution in [-0.2, 0) is 6.54 Å². The van der Waals surface area contributed by atoms with Crippen LogP contribution in [0.25, 0.3) is 0 Å². The van der Waals surface area contributed by atoms with Crippen LogP contribution in [0, 0.1) is 11.5 Å². The summed E-state index contributed by atoms with van der Waals surface area (Å²) in [6.45, 7) is 0.728. The Hall–Kier alpha value is -2.13. The lowest BCUT2D eigenvalue weighted by Gasteiger charge is -2.19. The van der Waals surface area contributed by atoms with Crippen LogP contribution in [0.1, 0.15) is 5.56 Å². The Kier molecular flexibility index (Phi) is 4.53. The lowest BCUT2D eigenvalue weighted by Crippen LogP contribution is -2.19. The van der Waals surface area contributed by atoms with E-state index in [4.69, 9.17) is 5.26 Å². The summed E-state index contributed by atoms with van der Waals surface area (Å²) in [5, 5.41) is 8.88. The van der Waals surface area contributed by atoms with Gasteiger partial charge in [0.15, 0.2) is 6.19 Å². The molecule has 0 fully saturated rings. The maximum absolute atomic E-state index is 8.88. The molecular weight excluding hydrogens is 318 g/mol. The van der Waals surface area contributed by atoms with Gasteiger partial charge in [0.05, 0.1) is 0 Å². The number of halogens is 1. The van der Waals surface area contributed by atoms with Crippen LogP contribution in [0.4, 0.5) is 11.6 Å². The zero-order valence-electron chi connectivity index (χ0n) is 11.3. The van der Waals surface area contributed by atoms with E-state index in [1.807, 2.05) is 30.3 Å². The fraction of sp³-hybridized carbons (Fsp3) is 0.214. The molecule has 0 N–H and O–H groups in total. The first-order chi connectivity index (χ1) is 9.60. The van der Waals surface area contributed by atoms with E-state index in [1.54, 1.807) is 13.1 Å². The molecule has 0 aliphatic heterocycles. The maximum atomic E-state index is 8.88. The minimum Gasteiger partial charge on any atom is -0.355 e. The van der Waals surface area contributed by atoms with Crippen molar-refractivity contribution in [3.05, 3.63) is 46.7 Å². The van der Waals surface area contributed by atoms with Crippen molar-refractivity contribution in [1.29, 1.82) is 5.26 Å². The fourth-order valence-corrected chi connectivity index (χ4v) is 2.22. The van der Waals surface area contributed by atoms with Crippen LogP contribution < -0.4 is 9.80 Å². The van der Waals surface area contributed by atoms with Crippen molar-refractivity contribution in [1.82, 2.24) is 9.97 Å². The summed E-state index contributed by atoms with van der Waals surface area (Å²) < 4.78 is 1.05. The second-order valence-electron chi connectivity index (χ2n) is 4.38. The van der Waals surface area contributed by atoms with E-state index in [0.717, 1.165) is 16.8 Å². The minimum absolute atomic E-state index is 0.582. The molecule has 0 bridgehead atoms. The lowest BCUT2D eigenvalue weighted by molar-refractivity contribution is 0.888. The first-order valence-electron chi connectivity index (χ1n) is 6.01. The van der Waals surface area contributed by atoms with Crippen molar-refractivity contribution in [2.45, 2.75) is 6.54 Å². The van der Waals surface area contributed by atoms with Gasteiger partial charge >= 0.3 is 0 Å². The van der Waals surface area contributed by atoms with Gasteiger partial charge in [0.25, 0.3) is 0 Å². The van der Waals surface area contributed by atoms with Gasteiger partial charge in [0, 0.05) is 31.2 Å². The monoisotopic (exact) mass is 331 g/mol. The third kappa shape index (κ3) is 3.45. The molecule has 0 unspecified atom stereocenters. The largest absolute Gasteiger partial charge is 0.355 e. The summed E-state index contributed by atoms with van der Waals surface area (Å²) in [5.41, 5.74) is 1.18. The second-order valence-corrected chi connectivity index (χ2v) is 5.30. The molecule has 1 heterocycles. The Bertz CT molecular complexity index is 637. The first-order valence-corrected chi connectivity index (χ1v) is 6.80. The van der Waals surface area contributed by atoms with Gasteiger partial charge < -0.3 is 4.90 Å². The highest BCUT2D eigenvalue weighted by molar-refractivity contribution is 9.10. The molecule has 0 saturated heterocycles. The van der Waals surface area contributed by atoms with Gasteiger partial charge in [-0.05, 0) is 17.7 Å². The number of nitrogens with zero attached hydrogens (tertiary/aromatic N) is 5. The van der Waals surface area contributed by atoms with Crippen LogP contribution in [0.2, 0.25) is 0 Å². The third-order valence-corrected chi connectivity index (χ3v) is 3.32. The Morgan fingerprint density at radius 1 is 1.20 bits per heavy atom. The zero-order chi connectivity index (χ0) is 14.5. The molecule has 0 saturated carbocycles. The molecule has 5 nitrogen and oxygen atoms in total. The Morgan fingerprint density at radius 3 is 2.65 bits per heavy atom. The van der Waals surface area contributed by atoms with Gasteiger partial charge in [0.1, 0.15) is 18.0 Å². The van der Waals surface area contributed by atoms with Gasteiger partial charge in [-0.15, -0.1) is 0 Å². The van der Waals surface area contributed by atoms with Crippen molar-refractivity contribution >= 4 is 27.6 Å². The normalized spacial score (nSPS) is 9.90. The molecule has 0 radical (unpaired) electrons. The average Bonchev–Trinajstić information content (AvgIpc) is 2.46. The number of anilines is 2. The fourth-order valence-electron chi connectivity index (χ4n) is 1.77. The lowest BCUT2D eigenvalue weighted by atomic mass is 10.2. The van der Waals surface area contributed by atoms with Crippen molar-refractivity contribution in [3.63, 3.8) is 0 Å². The molecule has 0 spiro atoms. The molecule has 2 rings (SSSR count). The highest BCUT2D eigenvalue weighted by atomic mass is 79.9. The highest BCUT2D eigenvalue weighted by Crippen LogP contribution is 2.18. The number of nitriles is 1. The van der Waals surface area contributed by atoms with Crippen LogP contribution in [0.15, 0.2) is 41.1 Å². The SMILES string of the molecule is CN(C#N)c1cc(N(C)Cc2cccc(Br)c2)ncn1. The molecule has 102 valence electrons. The molecule has 1 aromatic heterocycles. The van der Waals surface area contributed by atoms with E-state index >= 15 is 0 Å².